The van der Waals surface area contributed by atoms with Crippen LogP contribution in [0.3, 0.4) is 0 Å². The van der Waals surface area contributed by atoms with Gasteiger partial charge in [0.15, 0.2) is 11.6 Å². The van der Waals surface area contributed by atoms with Crippen LogP contribution in [0.4, 0.5) is 8.78 Å². The van der Waals surface area contributed by atoms with Gasteiger partial charge in [-0.1, -0.05) is 11.6 Å². The first-order valence-electron chi connectivity index (χ1n) is 4.57. The minimum absolute atomic E-state index is 0.0130. The van der Waals surface area contributed by atoms with Crippen molar-refractivity contribution < 1.29 is 18.4 Å². The molecular weight excluding hydrogens is 240 g/mol. The summed E-state index contributed by atoms with van der Waals surface area (Å²) in [5.41, 5.74) is 0.145. The molecule has 0 aliphatic heterocycles. The minimum Gasteiger partial charge on any atom is -0.380 e. The van der Waals surface area contributed by atoms with Gasteiger partial charge in [-0.3, -0.25) is 0 Å². The third-order valence-corrected chi connectivity index (χ3v) is 2.44. The Morgan fingerprint density at radius 3 is 2.62 bits per heavy atom. The molecule has 3 nitrogen and oxygen atoms in total. The molecule has 0 unspecified atom stereocenters. The largest absolute Gasteiger partial charge is 0.380 e. The van der Waals surface area contributed by atoms with Crippen LogP contribution in [0.5, 0.6) is 0 Å². The molecule has 0 spiro atoms. The fourth-order valence-corrected chi connectivity index (χ4v) is 1.58. The summed E-state index contributed by atoms with van der Waals surface area (Å²) < 4.78 is 31.8. The molecule has 6 heteroatoms. The van der Waals surface area contributed by atoms with Crippen LogP contribution in [0.2, 0.25) is 5.02 Å². The maximum atomic E-state index is 13.5. The second-order valence-corrected chi connectivity index (χ2v) is 3.59. The van der Waals surface area contributed by atoms with Crippen molar-refractivity contribution in [2.75, 3.05) is 13.7 Å². The van der Waals surface area contributed by atoms with Crippen molar-refractivity contribution in [3.05, 3.63) is 33.9 Å². The Balaban J connectivity index is 3.06. The number of hydrogen-bond acceptors (Lipinski definition) is 3. The van der Waals surface area contributed by atoms with Crippen LogP contribution in [-0.2, 0) is 22.6 Å². The number of methoxy groups -OCH3 is 1. The highest BCUT2D eigenvalue weighted by molar-refractivity contribution is 6.31. The normalized spacial score (nSPS) is 10.8. The number of nitrogens with two attached hydrogens (primary N) is 1. The van der Waals surface area contributed by atoms with E-state index < -0.39 is 11.6 Å². The predicted octanol–water partition coefficient (Wildman–Crippen LogP) is 2.20. The van der Waals surface area contributed by atoms with Crippen molar-refractivity contribution >= 4 is 11.6 Å². The maximum absolute atomic E-state index is 13.5. The molecule has 0 saturated heterocycles. The van der Waals surface area contributed by atoms with E-state index in [0.29, 0.717) is 0 Å². The monoisotopic (exact) mass is 251 g/mol. The SMILES string of the molecule is COCc1c(Cl)cc(CCON)c(F)c1F. The van der Waals surface area contributed by atoms with Crippen LogP contribution in [0.1, 0.15) is 11.1 Å². The van der Waals surface area contributed by atoms with E-state index >= 15 is 0 Å². The predicted molar refractivity (Wildman–Crippen MR) is 55.9 cm³/mol. The summed E-state index contributed by atoms with van der Waals surface area (Å²) in [4.78, 5) is 4.30. The Morgan fingerprint density at radius 1 is 1.38 bits per heavy atom. The molecule has 0 atom stereocenters. The third-order valence-electron chi connectivity index (χ3n) is 2.11. The first kappa shape index (κ1) is 13.3. The molecule has 0 aromatic heterocycles. The fraction of sp³-hybridized carbons (Fsp3) is 0.400. The molecule has 0 amide bonds. The van der Waals surface area contributed by atoms with Crippen LogP contribution in [0.25, 0.3) is 0 Å². The van der Waals surface area contributed by atoms with Gasteiger partial charge in [0.1, 0.15) is 0 Å². The van der Waals surface area contributed by atoms with Gasteiger partial charge in [-0.05, 0) is 11.6 Å². The summed E-state index contributed by atoms with van der Waals surface area (Å²) in [5, 5.41) is 0.132. The number of halogens is 3. The van der Waals surface area contributed by atoms with Gasteiger partial charge < -0.3 is 9.57 Å². The summed E-state index contributed by atoms with van der Waals surface area (Å²) in [5.74, 6) is 2.89. The van der Waals surface area contributed by atoms with E-state index in [-0.39, 0.29) is 35.8 Å². The molecule has 0 aliphatic carbocycles. The van der Waals surface area contributed by atoms with Crippen LogP contribution >= 0.6 is 11.6 Å². The van der Waals surface area contributed by atoms with E-state index in [1.54, 1.807) is 0 Å². The molecule has 1 aromatic carbocycles. The molecule has 0 fully saturated rings. The summed E-state index contributed by atoms with van der Waals surface area (Å²) in [7, 11) is 1.38. The van der Waals surface area contributed by atoms with Gasteiger partial charge in [-0.2, -0.15) is 0 Å². The Labute approximate surface area is 97.0 Å². The summed E-state index contributed by atoms with van der Waals surface area (Å²) in [6, 6.07) is 1.35. The van der Waals surface area contributed by atoms with Crippen molar-refractivity contribution in [2.24, 2.45) is 5.90 Å². The van der Waals surface area contributed by atoms with E-state index in [1.807, 2.05) is 0 Å². The highest BCUT2D eigenvalue weighted by Gasteiger charge is 2.17. The average Bonchev–Trinajstić information content (AvgIpc) is 2.27. The zero-order valence-corrected chi connectivity index (χ0v) is 9.48. The van der Waals surface area contributed by atoms with Crippen molar-refractivity contribution in [1.29, 1.82) is 0 Å². The van der Waals surface area contributed by atoms with Crippen LogP contribution < -0.4 is 5.90 Å². The number of rotatable bonds is 5. The summed E-state index contributed by atoms with van der Waals surface area (Å²) >= 11 is 5.81. The molecule has 2 N–H and O–H groups in total. The summed E-state index contributed by atoms with van der Waals surface area (Å²) in [6.45, 7) is 0.0194. The lowest BCUT2D eigenvalue weighted by Crippen LogP contribution is -2.08. The first-order chi connectivity index (χ1) is 7.61. The molecule has 16 heavy (non-hydrogen) atoms. The van der Waals surface area contributed by atoms with Crippen molar-refractivity contribution in [3.63, 3.8) is 0 Å². The van der Waals surface area contributed by atoms with Gasteiger partial charge in [0.05, 0.1) is 13.2 Å². The van der Waals surface area contributed by atoms with Gasteiger partial charge in [-0.25, -0.2) is 14.7 Å². The van der Waals surface area contributed by atoms with E-state index in [4.69, 9.17) is 22.2 Å². The van der Waals surface area contributed by atoms with Crippen LogP contribution in [0.15, 0.2) is 6.07 Å². The van der Waals surface area contributed by atoms with E-state index in [9.17, 15) is 8.78 Å². The topological polar surface area (TPSA) is 44.5 Å². The van der Waals surface area contributed by atoms with E-state index in [0.717, 1.165) is 0 Å². The molecule has 0 radical (unpaired) electrons. The van der Waals surface area contributed by atoms with Crippen molar-refractivity contribution in [1.82, 2.24) is 0 Å². The van der Waals surface area contributed by atoms with Gasteiger partial charge in [-0.15, -0.1) is 0 Å². The maximum Gasteiger partial charge on any atom is 0.166 e. The number of hydrogen-bond donors (Lipinski definition) is 1. The van der Waals surface area contributed by atoms with Crippen LogP contribution in [-0.4, -0.2) is 13.7 Å². The van der Waals surface area contributed by atoms with E-state index in [1.165, 1.54) is 13.2 Å². The average molecular weight is 252 g/mol. The molecular formula is C10H12ClF2NO2. The number of benzene rings is 1. The van der Waals surface area contributed by atoms with Gasteiger partial charge in [0.2, 0.25) is 0 Å². The van der Waals surface area contributed by atoms with E-state index in [2.05, 4.69) is 4.84 Å². The molecule has 90 valence electrons. The standard InChI is InChI=1S/C10H12ClF2NO2/c1-15-5-7-8(11)4-6(2-3-16-14)9(12)10(7)13/h4H,2-3,5,14H2,1H3. The number of ether oxygens (including phenoxy) is 1. The molecule has 0 heterocycles. The molecule has 0 aliphatic rings. The zero-order valence-electron chi connectivity index (χ0n) is 8.73. The lowest BCUT2D eigenvalue weighted by Gasteiger charge is -2.10. The second kappa shape index (κ2) is 6.10. The van der Waals surface area contributed by atoms with Gasteiger partial charge in [0.25, 0.3) is 0 Å². The van der Waals surface area contributed by atoms with Crippen molar-refractivity contribution in [2.45, 2.75) is 13.0 Å². The lowest BCUT2D eigenvalue weighted by atomic mass is 10.1. The lowest BCUT2D eigenvalue weighted by molar-refractivity contribution is 0.140. The Bertz CT molecular complexity index is 374. The summed E-state index contributed by atoms with van der Waals surface area (Å²) in [6.07, 6.45) is 0.159. The first-order valence-corrected chi connectivity index (χ1v) is 4.95. The molecule has 0 saturated carbocycles. The quantitative estimate of drug-likeness (QED) is 0.645. The fourth-order valence-electron chi connectivity index (χ4n) is 1.31. The zero-order chi connectivity index (χ0) is 12.1. The second-order valence-electron chi connectivity index (χ2n) is 3.18. The molecule has 1 rings (SSSR count). The molecule has 0 bridgehead atoms. The van der Waals surface area contributed by atoms with Gasteiger partial charge in [0, 0.05) is 24.1 Å². The highest BCUT2D eigenvalue weighted by Crippen LogP contribution is 2.26. The Morgan fingerprint density at radius 2 is 2.06 bits per heavy atom. The Kier molecular flexibility index (Phi) is 5.08. The molecule has 1 aromatic rings. The van der Waals surface area contributed by atoms with Gasteiger partial charge >= 0.3 is 0 Å². The van der Waals surface area contributed by atoms with Crippen LogP contribution in [0, 0.1) is 11.6 Å². The van der Waals surface area contributed by atoms with Crippen molar-refractivity contribution in [3.8, 4) is 0 Å². The Hall–Kier alpha value is -0.750. The smallest absolute Gasteiger partial charge is 0.166 e. The third kappa shape index (κ3) is 2.89. The minimum atomic E-state index is -0.985. The highest BCUT2D eigenvalue weighted by atomic mass is 35.5.